The van der Waals surface area contributed by atoms with Crippen LogP contribution >= 0.6 is 0 Å². The number of imide groups is 1. The summed E-state index contributed by atoms with van der Waals surface area (Å²) < 4.78 is 0. The first-order chi connectivity index (χ1) is 9.18. The predicted molar refractivity (Wildman–Crippen MR) is 71.6 cm³/mol. The third kappa shape index (κ3) is 3.50. The number of nitrogens with zero attached hydrogens (tertiary/aromatic N) is 1. The van der Waals surface area contributed by atoms with Crippen molar-refractivity contribution in [3.05, 3.63) is 30.3 Å². The van der Waals surface area contributed by atoms with E-state index in [0.717, 1.165) is 6.42 Å². The zero-order chi connectivity index (χ0) is 13.7. The molecule has 4 heteroatoms. The van der Waals surface area contributed by atoms with Crippen LogP contribution in [0.1, 0.15) is 38.5 Å². The van der Waals surface area contributed by atoms with Gasteiger partial charge in [-0.05, 0) is 25.0 Å². The summed E-state index contributed by atoms with van der Waals surface area (Å²) in [5, 5.41) is 0. The smallest absolute Gasteiger partial charge is 0.234 e. The number of para-hydroxylation sites is 1. The Morgan fingerprint density at radius 2 is 1.37 bits per heavy atom. The van der Waals surface area contributed by atoms with E-state index in [0.29, 0.717) is 24.9 Å². The van der Waals surface area contributed by atoms with Crippen molar-refractivity contribution in [1.82, 2.24) is 0 Å². The molecule has 1 fully saturated rings. The maximum Gasteiger partial charge on any atom is 0.234 e. The van der Waals surface area contributed by atoms with Gasteiger partial charge in [-0.25, -0.2) is 0 Å². The van der Waals surface area contributed by atoms with Crippen molar-refractivity contribution in [2.75, 3.05) is 4.90 Å². The zero-order valence-electron chi connectivity index (χ0n) is 10.8. The molecule has 1 saturated heterocycles. The standard InChI is InChI=1S/C15H17NO3/c17-13-8-4-5-9-14(18)16(15(19)11-10-13)12-6-2-1-3-7-12/h1-3,6-7H,4-5,8-11H2. The molecule has 1 aliphatic heterocycles. The quantitative estimate of drug-likeness (QED) is 0.728. The van der Waals surface area contributed by atoms with Crippen LogP contribution in [0.3, 0.4) is 0 Å². The second-order valence-corrected chi connectivity index (χ2v) is 4.70. The summed E-state index contributed by atoms with van der Waals surface area (Å²) in [7, 11) is 0. The first-order valence-electron chi connectivity index (χ1n) is 6.61. The molecule has 4 nitrogen and oxygen atoms in total. The number of amides is 2. The summed E-state index contributed by atoms with van der Waals surface area (Å²) in [4.78, 5) is 37.0. The summed E-state index contributed by atoms with van der Waals surface area (Å²) in [6.45, 7) is 0. The largest absolute Gasteiger partial charge is 0.300 e. The van der Waals surface area contributed by atoms with Crippen molar-refractivity contribution in [1.29, 1.82) is 0 Å². The van der Waals surface area contributed by atoms with Crippen LogP contribution in [0.15, 0.2) is 30.3 Å². The van der Waals surface area contributed by atoms with Crippen LogP contribution in [0, 0.1) is 0 Å². The van der Waals surface area contributed by atoms with Gasteiger partial charge in [-0.15, -0.1) is 0 Å². The average Bonchev–Trinajstić information content (AvgIpc) is 2.42. The lowest BCUT2D eigenvalue weighted by atomic mass is 10.0. The van der Waals surface area contributed by atoms with Crippen LogP contribution in [0.25, 0.3) is 0 Å². The molecule has 2 rings (SSSR count). The third-order valence-electron chi connectivity index (χ3n) is 3.23. The first-order valence-corrected chi connectivity index (χ1v) is 6.61. The van der Waals surface area contributed by atoms with Gasteiger partial charge < -0.3 is 0 Å². The molecule has 0 saturated carbocycles. The van der Waals surface area contributed by atoms with Crippen molar-refractivity contribution in [2.24, 2.45) is 0 Å². The molecule has 1 aliphatic rings. The molecule has 0 bridgehead atoms. The van der Waals surface area contributed by atoms with E-state index in [1.807, 2.05) is 6.07 Å². The van der Waals surface area contributed by atoms with Crippen molar-refractivity contribution < 1.29 is 14.4 Å². The first kappa shape index (κ1) is 13.5. The highest BCUT2D eigenvalue weighted by atomic mass is 16.2. The van der Waals surface area contributed by atoms with Crippen molar-refractivity contribution in [3.63, 3.8) is 0 Å². The molecule has 0 radical (unpaired) electrons. The Labute approximate surface area is 112 Å². The second kappa shape index (κ2) is 6.27. The Bertz CT molecular complexity index is 481. The summed E-state index contributed by atoms with van der Waals surface area (Å²) >= 11 is 0. The fourth-order valence-electron chi connectivity index (χ4n) is 2.20. The number of anilines is 1. The molecule has 1 heterocycles. The highest BCUT2D eigenvalue weighted by molar-refractivity contribution is 6.15. The molecule has 19 heavy (non-hydrogen) atoms. The maximum atomic E-state index is 12.1. The molecule has 1 aromatic carbocycles. The van der Waals surface area contributed by atoms with E-state index in [-0.39, 0.29) is 30.4 Å². The maximum absolute atomic E-state index is 12.1. The normalized spacial score (nSPS) is 18.5. The predicted octanol–water partition coefficient (Wildman–Crippen LogP) is 2.47. The lowest BCUT2D eigenvalue weighted by Crippen LogP contribution is -2.37. The van der Waals surface area contributed by atoms with Gasteiger partial charge in [0.2, 0.25) is 11.8 Å². The van der Waals surface area contributed by atoms with Gasteiger partial charge in [0.1, 0.15) is 5.78 Å². The zero-order valence-corrected chi connectivity index (χ0v) is 10.8. The van der Waals surface area contributed by atoms with Gasteiger partial charge in [0.15, 0.2) is 0 Å². The van der Waals surface area contributed by atoms with Crippen LogP contribution in [0.2, 0.25) is 0 Å². The highest BCUT2D eigenvalue weighted by Gasteiger charge is 2.24. The molecule has 0 spiro atoms. The minimum absolute atomic E-state index is 0.107. The molecule has 0 N–H and O–H groups in total. The number of Topliss-reactive ketones (excluding diaryl/α,β-unsaturated/α-hetero) is 1. The molecule has 0 aliphatic carbocycles. The molecular formula is C15H17NO3. The van der Waals surface area contributed by atoms with Gasteiger partial charge in [-0.3, -0.25) is 19.3 Å². The Kier molecular flexibility index (Phi) is 4.44. The van der Waals surface area contributed by atoms with Crippen LogP contribution in [0.4, 0.5) is 5.69 Å². The van der Waals surface area contributed by atoms with Crippen LogP contribution in [0.5, 0.6) is 0 Å². The second-order valence-electron chi connectivity index (χ2n) is 4.70. The SMILES string of the molecule is O=C1CCCCC(=O)N(c2ccccc2)C(=O)CC1. The van der Waals surface area contributed by atoms with E-state index in [9.17, 15) is 14.4 Å². The van der Waals surface area contributed by atoms with E-state index in [4.69, 9.17) is 0 Å². The number of benzene rings is 1. The van der Waals surface area contributed by atoms with Gasteiger partial charge in [0, 0.05) is 25.7 Å². The number of carbonyl (C=O) groups excluding carboxylic acids is 3. The van der Waals surface area contributed by atoms with Crippen molar-refractivity contribution >= 4 is 23.3 Å². The van der Waals surface area contributed by atoms with E-state index in [1.165, 1.54) is 4.90 Å². The van der Waals surface area contributed by atoms with Gasteiger partial charge in [-0.1, -0.05) is 18.2 Å². The molecule has 100 valence electrons. The summed E-state index contributed by atoms with van der Waals surface area (Å²) in [6, 6.07) is 8.90. The molecule has 0 aromatic heterocycles. The summed E-state index contributed by atoms with van der Waals surface area (Å²) in [5.74, 6) is -0.354. The number of rotatable bonds is 1. The molecule has 0 unspecified atom stereocenters. The monoisotopic (exact) mass is 259 g/mol. The number of hydrogen-bond acceptors (Lipinski definition) is 3. The van der Waals surface area contributed by atoms with Gasteiger partial charge in [0.25, 0.3) is 0 Å². The van der Waals surface area contributed by atoms with Gasteiger partial charge in [0.05, 0.1) is 5.69 Å². The number of ketones is 1. The molecule has 1 aromatic rings. The topological polar surface area (TPSA) is 54.5 Å². The molecule has 0 atom stereocenters. The molecule has 2 amide bonds. The van der Waals surface area contributed by atoms with E-state index in [2.05, 4.69) is 0 Å². The summed E-state index contributed by atoms with van der Waals surface area (Å²) in [5.41, 5.74) is 0.588. The Hall–Kier alpha value is -1.97. The lowest BCUT2D eigenvalue weighted by molar-refractivity contribution is -0.129. The van der Waals surface area contributed by atoms with E-state index < -0.39 is 0 Å². The lowest BCUT2D eigenvalue weighted by Gasteiger charge is -2.22. The van der Waals surface area contributed by atoms with Gasteiger partial charge in [-0.2, -0.15) is 0 Å². The number of carbonyl (C=O) groups is 3. The van der Waals surface area contributed by atoms with E-state index >= 15 is 0 Å². The Morgan fingerprint density at radius 3 is 2.11 bits per heavy atom. The van der Waals surface area contributed by atoms with Crippen molar-refractivity contribution in [3.8, 4) is 0 Å². The minimum atomic E-state index is -0.286. The number of hydrogen-bond donors (Lipinski definition) is 0. The van der Waals surface area contributed by atoms with E-state index in [1.54, 1.807) is 24.3 Å². The van der Waals surface area contributed by atoms with Gasteiger partial charge >= 0.3 is 0 Å². The fraction of sp³-hybridized carbons (Fsp3) is 0.400. The summed E-state index contributed by atoms with van der Waals surface area (Å²) in [6.07, 6.45) is 2.51. The molecular weight excluding hydrogens is 242 g/mol. The van der Waals surface area contributed by atoms with Crippen molar-refractivity contribution in [2.45, 2.75) is 38.5 Å². The van der Waals surface area contributed by atoms with Crippen LogP contribution < -0.4 is 4.90 Å². The Balaban J connectivity index is 2.23. The fourth-order valence-corrected chi connectivity index (χ4v) is 2.20. The average molecular weight is 259 g/mol. The van der Waals surface area contributed by atoms with Crippen LogP contribution in [-0.4, -0.2) is 17.6 Å². The minimum Gasteiger partial charge on any atom is -0.300 e. The highest BCUT2D eigenvalue weighted by Crippen LogP contribution is 2.19. The Morgan fingerprint density at radius 1 is 0.737 bits per heavy atom. The third-order valence-corrected chi connectivity index (χ3v) is 3.23. The van der Waals surface area contributed by atoms with Crippen LogP contribution in [-0.2, 0) is 14.4 Å².